The molecule has 0 fully saturated rings. The number of benzene rings is 2. The second kappa shape index (κ2) is 8.40. The summed E-state index contributed by atoms with van der Waals surface area (Å²) in [4.78, 5) is 0. The zero-order valence-corrected chi connectivity index (χ0v) is 20.8. The van der Waals surface area contributed by atoms with Crippen molar-refractivity contribution in [3.05, 3.63) is 80.9 Å². The third kappa shape index (κ3) is 3.45. The van der Waals surface area contributed by atoms with Gasteiger partial charge in [-0.05, 0) is 0 Å². The fourth-order valence-corrected chi connectivity index (χ4v) is 9.95. The van der Waals surface area contributed by atoms with Crippen LogP contribution in [0.3, 0.4) is 0 Å². The molecule has 0 radical (unpaired) electrons. The van der Waals surface area contributed by atoms with E-state index in [2.05, 4.69) is 77.9 Å². The third-order valence-electron chi connectivity index (χ3n) is 6.36. The summed E-state index contributed by atoms with van der Waals surface area (Å²) in [5.41, 5.74) is 15.6. The predicted molar refractivity (Wildman–Crippen MR) is 104 cm³/mol. The van der Waals surface area contributed by atoms with Crippen molar-refractivity contribution in [3.63, 3.8) is 0 Å². The summed E-state index contributed by atoms with van der Waals surface area (Å²) in [6.45, 7) is 14.0. The van der Waals surface area contributed by atoms with Crippen LogP contribution in [-0.4, -0.2) is 0 Å². The molecular weight excluding hydrogens is 450 g/mol. The van der Waals surface area contributed by atoms with Crippen LogP contribution in [0, 0.1) is 13.8 Å². The summed E-state index contributed by atoms with van der Waals surface area (Å²) in [6.07, 6.45) is 0. The summed E-state index contributed by atoms with van der Waals surface area (Å²) >= 11 is -0.707. The van der Waals surface area contributed by atoms with E-state index in [1.807, 2.05) is 0 Å². The van der Waals surface area contributed by atoms with E-state index in [0.29, 0.717) is 0 Å². The van der Waals surface area contributed by atoms with Crippen molar-refractivity contribution in [1.82, 2.24) is 0 Å². The Morgan fingerprint density at radius 1 is 0.593 bits per heavy atom. The van der Waals surface area contributed by atoms with Crippen LogP contribution < -0.4 is 24.8 Å². The first kappa shape index (κ1) is 22.7. The molecule has 0 heterocycles. The Bertz CT molecular complexity index is 875. The summed E-state index contributed by atoms with van der Waals surface area (Å²) in [5, 5.41) is 0. The minimum absolute atomic E-state index is 0. The fourth-order valence-electron chi connectivity index (χ4n) is 4.78. The number of fused-ring (bicyclic) bond motifs is 2. The SMILES string of the molecule is CC1=C(C)[CH]([Zr+2][CH]2C(C)=C(C)c3c(C)cccc32)c2cccc(C)c21.[Cl-].[Cl-]. The van der Waals surface area contributed by atoms with Gasteiger partial charge in [-0.25, -0.2) is 0 Å². The topological polar surface area (TPSA) is 0 Å². The second-order valence-corrected chi connectivity index (χ2v) is 11.4. The molecule has 0 bridgehead atoms. The Morgan fingerprint density at radius 3 is 1.33 bits per heavy atom. The Hall–Kier alpha value is -0.617. The van der Waals surface area contributed by atoms with E-state index in [0.717, 1.165) is 7.25 Å². The Labute approximate surface area is 187 Å². The van der Waals surface area contributed by atoms with E-state index in [1.165, 1.54) is 11.1 Å². The molecule has 2 atom stereocenters. The Balaban J connectivity index is 0.00000131. The van der Waals surface area contributed by atoms with Gasteiger partial charge in [-0.2, -0.15) is 0 Å². The third-order valence-corrected chi connectivity index (χ3v) is 11.7. The van der Waals surface area contributed by atoms with E-state index in [4.69, 9.17) is 0 Å². The molecule has 140 valence electrons. The maximum atomic E-state index is 2.39. The van der Waals surface area contributed by atoms with E-state index < -0.39 is 23.2 Å². The van der Waals surface area contributed by atoms with Crippen molar-refractivity contribution in [2.45, 2.75) is 48.8 Å². The zero-order valence-electron chi connectivity index (χ0n) is 16.9. The molecule has 0 spiro atoms. The quantitative estimate of drug-likeness (QED) is 0.602. The van der Waals surface area contributed by atoms with Gasteiger partial charge in [0.25, 0.3) is 0 Å². The maximum Gasteiger partial charge on any atom is -1.00 e. The minimum atomic E-state index is -0.707. The van der Waals surface area contributed by atoms with Crippen molar-refractivity contribution in [1.29, 1.82) is 0 Å². The van der Waals surface area contributed by atoms with Crippen LogP contribution in [0.15, 0.2) is 47.5 Å². The average Bonchev–Trinajstić information content (AvgIpc) is 2.97. The number of aryl methyl sites for hydroxylation is 2. The largest absolute Gasteiger partial charge is 1.00 e. The van der Waals surface area contributed by atoms with Crippen LogP contribution in [0.2, 0.25) is 0 Å². The van der Waals surface area contributed by atoms with Gasteiger partial charge in [-0.1, -0.05) is 0 Å². The van der Waals surface area contributed by atoms with Crippen LogP contribution in [-0.2, 0) is 23.2 Å². The summed E-state index contributed by atoms with van der Waals surface area (Å²) in [7, 11) is 0. The summed E-state index contributed by atoms with van der Waals surface area (Å²) in [5.74, 6) is 0. The van der Waals surface area contributed by atoms with Gasteiger partial charge in [0.1, 0.15) is 0 Å². The van der Waals surface area contributed by atoms with Gasteiger partial charge >= 0.3 is 164 Å². The molecule has 0 aliphatic heterocycles. The van der Waals surface area contributed by atoms with Crippen LogP contribution in [0.25, 0.3) is 11.1 Å². The molecule has 0 N–H and O–H groups in total. The molecule has 2 aliphatic carbocycles. The van der Waals surface area contributed by atoms with Crippen molar-refractivity contribution >= 4 is 11.1 Å². The van der Waals surface area contributed by atoms with Crippen molar-refractivity contribution < 1.29 is 48.0 Å². The maximum absolute atomic E-state index is 2.39. The molecular formula is C24H26Cl2Zr. The van der Waals surface area contributed by atoms with Crippen LogP contribution >= 0.6 is 0 Å². The average molecular weight is 477 g/mol. The number of halogens is 2. The van der Waals surface area contributed by atoms with Crippen molar-refractivity contribution in [2.75, 3.05) is 0 Å². The normalized spacial score (nSPS) is 19.9. The summed E-state index contributed by atoms with van der Waals surface area (Å²) < 4.78 is 1.44. The molecule has 0 nitrogen and oxygen atoms in total. The molecule has 2 aromatic carbocycles. The predicted octanol–water partition coefficient (Wildman–Crippen LogP) is 0.790. The van der Waals surface area contributed by atoms with Gasteiger partial charge in [0, 0.05) is 0 Å². The molecule has 3 heteroatoms. The molecule has 0 amide bonds. The van der Waals surface area contributed by atoms with Gasteiger partial charge in [-0.3, -0.25) is 0 Å². The fraction of sp³-hybridized carbons (Fsp3) is 0.333. The Kier molecular flexibility index (Phi) is 7.05. The number of hydrogen-bond donors (Lipinski definition) is 0. The van der Waals surface area contributed by atoms with Crippen LogP contribution in [0.5, 0.6) is 0 Å². The van der Waals surface area contributed by atoms with Crippen molar-refractivity contribution in [2.24, 2.45) is 0 Å². The van der Waals surface area contributed by atoms with Crippen LogP contribution in [0.1, 0.15) is 68.3 Å². The van der Waals surface area contributed by atoms with E-state index in [1.54, 1.807) is 44.5 Å². The second-order valence-electron chi connectivity index (χ2n) is 7.73. The summed E-state index contributed by atoms with van der Waals surface area (Å²) in [6, 6.07) is 13.8. The first-order chi connectivity index (χ1) is 11.9. The molecule has 2 aliphatic rings. The molecule has 4 rings (SSSR count). The molecule has 2 unspecified atom stereocenters. The van der Waals surface area contributed by atoms with Gasteiger partial charge in [0.05, 0.1) is 0 Å². The van der Waals surface area contributed by atoms with E-state index in [9.17, 15) is 0 Å². The number of rotatable bonds is 2. The smallest absolute Gasteiger partial charge is 1.00 e. The molecule has 27 heavy (non-hydrogen) atoms. The van der Waals surface area contributed by atoms with Crippen LogP contribution in [0.4, 0.5) is 0 Å². The minimum Gasteiger partial charge on any atom is -1.00 e. The molecule has 0 aromatic heterocycles. The molecule has 0 saturated heterocycles. The van der Waals surface area contributed by atoms with Gasteiger partial charge < -0.3 is 24.8 Å². The zero-order chi connectivity index (χ0) is 17.9. The van der Waals surface area contributed by atoms with Gasteiger partial charge in [0.2, 0.25) is 0 Å². The van der Waals surface area contributed by atoms with Gasteiger partial charge in [-0.15, -0.1) is 0 Å². The first-order valence-electron chi connectivity index (χ1n) is 9.22. The van der Waals surface area contributed by atoms with E-state index >= 15 is 0 Å². The number of allylic oxidation sites excluding steroid dienone is 4. The monoisotopic (exact) mass is 474 g/mol. The Morgan fingerprint density at radius 2 is 0.963 bits per heavy atom. The van der Waals surface area contributed by atoms with E-state index in [-0.39, 0.29) is 24.8 Å². The first-order valence-corrected chi connectivity index (χ1v) is 12.1. The molecule has 0 saturated carbocycles. The standard InChI is InChI=1S/2C12H13.2ClH.Zr/c2*1-8-5-4-6-11-7-9(2)10(3)12(8)11;;;/h2*4-7H,1-3H3;2*1H;/q;;;;+2/p-2. The number of hydrogen-bond acceptors (Lipinski definition) is 0. The van der Waals surface area contributed by atoms with Crippen molar-refractivity contribution in [3.8, 4) is 0 Å². The molecule has 2 aromatic rings. The van der Waals surface area contributed by atoms with Gasteiger partial charge in [0.15, 0.2) is 0 Å².